The van der Waals surface area contributed by atoms with Crippen molar-refractivity contribution in [3.8, 4) is 5.75 Å². The zero-order valence-corrected chi connectivity index (χ0v) is 12.3. The summed E-state index contributed by atoms with van der Waals surface area (Å²) in [5, 5.41) is 21.6. The van der Waals surface area contributed by atoms with Crippen molar-refractivity contribution in [2.45, 2.75) is 34.1 Å². The summed E-state index contributed by atoms with van der Waals surface area (Å²) < 4.78 is 1.45. The summed E-state index contributed by atoms with van der Waals surface area (Å²) in [6, 6.07) is 3.96. The van der Waals surface area contributed by atoms with Crippen molar-refractivity contribution in [2.24, 2.45) is 5.73 Å². The number of nitrogen functional groups attached to an aromatic ring is 1. The summed E-state index contributed by atoms with van der Waals surface area (Å²) in [4.78, 5) is 0. The van der Waals surface area contributed by atoms with Crippen LogP contribution in [-0.4, -0.2) is 20.8 Å². The Hall–Kier alpha value is -2.30. The number of phenols is 1. The second-order valence-corrected chi connectivity index (χ2v) is 5.20. The van der Waals surface area contributed by atoms with E-state index in [-0.39, 0.29) is 5.96 Å². The van der Waals surface area contributed by atoms with Gasteiger partial charge in [0.25, 0.3) is 0 Å². The van der Waals surface area contributed by atoms with E-state index in [0.29, 0.717) is 12.2 Å². The Morgan fingerprint density at radius 2 is 1.80 bits per heavy atom. The van der Waals surface area contributed by atoms with E-state index in [4.69, 9.17) is 11.1 Å². The first kappa shape index (κ1) is 14.1. The van der Waals surface area contributed by atoms with Crippen molar-refractivity contribution in [3.63, 3.8) is 0 Å². The molecule has 2 rings (SSSR count). The predicted octanol–water partition coefficient (Wildman–Crippen LogP) is 2.15. The molecule has 0 fully saturated rings. The molecule has 0 saturated carbocycles. The molecule has 106 valence electrons. The zero-order valence-electron chi connectivity index (χ0n) is 12.3. The largest absolute Gasteiger partial charge is 0.507 e. The van der Waals surface area contributed by atoms with E-state index < -0.39 is 0 Å². The number of nitrogens with zero attached hydrogens (tertiary/aromatic N) is 2. The van der Waals surface area contributed by atoms with Crippen LogP contribution in [0.2, 0.25) is 0 Å². The van der Waals surface area contributed by atoms with Crippen LogP contribution in [0, 0.1) is 33.1 Å². The fourth-order valence-electron chi connectivity index (χ4n) is 2.52. The number of nitrogens with one attached hydrogen (secondary N) is 1. The van der Waals surface area contributed by atoms with Gasteiger partial charge in [-0.25, -0.2) is 4.68 Å². The van der Waals surface area contributed by atoms with Crippen molar-refractivity contribution in [2.75, 3.05) is 0 Å². The van der Waals surface area contributed by atoms with Crippen LogP contribution in [-0.2, 0) is 6.42 Å². The first-order valence-electron chi connectivity index (χ1n) is 6.49. The van der Waals surface area contributed by atoms with Crippen LogP contribution >= 0.6 is 0 Å². The van der Waals surface area contributed by atoms with Gasteiger partial charge in [-0.15, -0.1) is 0 Å². The number of aryl methyl sites for hydroxylation is 3. The summed E-state index contributed by atoms with van der Waals surface area (Å²) in [5.74, 6) is 0.275. The maximum absolute atomic E-state index is 9.82. The van der Waals surface area contributed by atoms with E-state index in [1.54, 1.807) is 0 Å². The molecule has 20 heavy (non-hydrogen) atoms. The van der Waals surface area contributed by atoms with Gasteiger partial charge in [0, 0.05) is 17.7 Å². The molecule has 5 heteroatoms. The molecule has 1 aromatic heterocycles. The number of phenolic OH excluding ortho intramolecular Hbond substituents is 1. The van der Waals surface area contributed by atoms with Crippen molar-refractivity contribution in [1.82, 2.24) is 9.78 Å². The molecule has 0 aliphatic carbocycles. The van der Waals surface area contributed by atoms with E-state index in [1.165, 1.54) is 4.68 Å². The van der Waals surface area contributed by atoms with Gasteiger partial charge in [0.05, 0.1) is 5.69 Å². The van der Waals surface area contributed by atoms with E-state index in [9.17, 15) is 5.11 Å². The lowest BCUT2D eigenvalue weighted by Crippen LogP contribution is -2.23. The molecule has 0 bridgehead atoms. The molecule has 0 aliphatic rings. The first-order valence-corrected chi connectivity index (χ1v) is 6.49. The van der Waals surface area contributed by atoms with Crippen molar-refractivity contribution in [3.05, 3.63) is 45.8 Å². The van der Waals surface area contributed by atoms with Crippen LogP contribution in [0.25, 0.3) is 0 Å². The second kappa shape index (κ2) is 5.00. The molecule has 0 spiro atoms. The Balaban J connectivity index is 2.43. The van der Waals surface area contributed by atoms with Gasteiger partial charge in [0.2, 0.25) is 5.96 Å². The lowest BCUT2D eigenvalue weighted by Gasteiger charge is -2.08. The molecule has 5 nitrogen and oxygen atoms in total. The fraction of sp³-hybridized carbons (Fsp3) is 0.333. The van der Waals surface area contributed by atoms with Crippen LogP contribution in [0.4, 0.5) is 0 Å². The van der Waals surface area contributed by atoms with Gasteiger partial charge >= 0.3 is 0 Å². The van der Waals surface area contributed by atoms with Crippen molar-refractivity contribution < 1.29 is 5.11 Å². The maximum atomic E-state index is 9.82. The Morgan fingerprint density at radius 3 is 2.25 bits per heavy atom. The third-order valence-corrected chi connectivity index (χ3v) is 3.60. The SMILES string of the molecule is Cc1cc(Cc2c(C)nn(C(=N)N)c2C)cc(C)c1O. The van der Waals surface area contributed by atoms with Crippen molar-refractivity contribution >= 4 is 5.96 Å². The Morgan fingerprint density at radius 1 is 1.25 bits per heavy atom. The van der Waals surface area contributed by atoms with Crippen LogP contribution in [0.15, 0.2) is 12.1 Å². The molecule has 1 aromatic carbocycles. The van der Waals surface area contributed by atoms with Gasteiger partial charge in [0.15, 0.2) is 0 Å². The number of benzene rings is 1. The molecule has 4 N–H and O–H groups in total. The standard InChI is InChI=1S/C15H20N4O/c1-8-5-12(6-9(2)14(8)20)7-13-10(3)18-19(11(13)4)15(16)17/h5-6,20H,7H2,1-4H3,(H3,16,17). The summed E-state index contributed by atoms with van der Waals surface area (Å²) >= 11 is 0. The predicted molar refractivity (Wildman–Crippen MR) is 79.4 cm³/mol. The Labute approximate surface area is 118 Å². The highest BCUT2D eigenvalue weighted by atomic mass is 16.3. The third kappa shape index (κ3) is 2.39. The average molecular weight is 272 g/mol. The minimum Gasteiger partial charge on any atom is -0.507 e. The van der Waals surface area contributed by atoms with Gasteiger partial charge in [-0.3, -0.25) is 5.41 Å². The van der Waals surface area contributed by atoms with E-state index in [2.05, 4.69) is 5.10 Å². The van der Waals surface area contributed by atoms with Crippen LogP contribution < -0.4 is 5.73 Å². The fourth-order valence-corrected chi connectivity index (χ4v) is 2.52. The normalized spacial score (nSPS) is 10.8. The summed E-state index contributed by atoms with van der Waals surface area (Å²) in [6.45, 7) is 7.62. The molecule has 0 radical (unpaired) electrons. The number of hydrogen-bond donors (Lipinski definition) is 3. The Bertz CT molecular complexity index is 662. The number of aromatic nitrogens is 2. The number of aromatic hydroxyl groups is 1. The lowest BCUT2D eigenvalue weighted by atomic mass is 9.99. The molecule has 0 saturated heterocycles. The summed E-state index contributed by atoms with van der Waals surface area (Å²) in [7, 11) is 0. The molecular weight excluding hydrogens is 252 g/mol. The molecule has 0 aliphatic heterocycles. The van der Waals surface area contributed by atoms with E-state index >= 15 is 0 Å². The quantitative estimate of drug-likeness (QED) is 0.578. The number of rotatable bonds is 2. The van der Waals surface area contributed by atoms with Gasteiger partial charge < -0.3 is 10.8 Å². The van der Waals surface area contributed by atoms with Gasteiger partial charge in [-0.2, -0.15) is 5.10 Å². The molecule has 2 aromatic rings. The van der Waals surface area contributed by atoms with Gasteiger partial charge in [-0.1, -0.05) is 12.1 Å². The van der Waals surface area contributed by atoms with Gasteiger partial charge in [0.1, 0.15) is 5.75 Å². The third-order valence-electron chi connectivity index (χ3n) is 3.60. The average Bonchev–Trinajstić information content (AvgIpc) is 2.64. The Kier molecular flexibility index (Phi) is 3.53. The highest BCUT2D eigenvalue weighted by Crippen LogP contribution is 2.25. The lowest BCUT2D eigenvalue weighted by molar-refractivity contribution is 0.466. The number of hydrogen-bond acceptors (Lipinski definition) is 3. The van der Waals surface area contributed by atoms with Crippen LogP contribution in [0.3, 0.4) is 0 Å². The first-order chi connectivity index (χ1) is 9.31. The highest BCUT2D eigenvalue weighted by Gasteiger charge is 2.14. The maximum Gasteiger partial charge on any atom is 0.213 e. The molecule has 1 heterocycles. The summed E-state index contributed by atoms with van der Waals surface area (Å²) in [6.07, 6.45) is 0.715. The minimum absolute atomic E-state index is 0.0742. The monoisotopic (exact) mass is 272 g/mol. The van der Waals surface area contributed by atoms with E-state index in [1.807, 2.05) is 39.8 Å². The number of nitrogens with two attached hydrogens (primary N) is 1. The van der Waals surface area contributed by atoms with Gasteiger partial charge in [-0.05, 0) is 44.4 Å². The second-order valence-electron chi connectivity index (χ2n) is 5.20. The molecule has 0 amide bonds. The highest BCUT2D eigenvalue weighted by molar-refractivity contribution is 5.77. The molecule has 0 atom stereocenters. The minimum atomic E-state index is -0.0742. The molecular formula is C15H20N4O. The molecule has 0 unspecified atom stereocenters. The van der Waals surface area contributed by atoms with Crippen LogP contribution in [0.1, 0.15) is 33.6 Å². The van der Waals surface area contributed by atoms with Crippen molar-refractivity contribution in [1.29, 1.82) is 5.41 Å². The zero-order chi connectivity index (χ0) is 15.0. The smallest absolute Gasteiger partial charge is 0.213 e. The van der Waals surface area contributed by atoms with E-state index in [0.717, 1.165) is 33.6 Å². The topological polar surface area (TPSA) is 87.9 Å². The van der Waals surface area contributed by atoms with Crippen LogP contribution in [0.5, 0.6) is 5.75 Å². The summed E-state index contributed by atoms with van der Waals surface area (Å²) in [5.41, 5.74) is 11.2.